The van der Waals surface area contributed by atoms with Crippen molar-refractivity contribution in [3.05, 3.63) is 71.3 Å². The summed E-state index contributed by atoms with van der Waals surface area (Å²) in [5, 5.41) is 0. The number of nitrogens with zero attached hydrogens (tertiary/aromatic N) is 1. The Morgan fingerprint density at radius 2 is 1.75 bits per heavy atom. The fourth-order valence-corrected chi connectivity index (χ4v) is 1.85. The van der Waals surface area contributed by atoms with Gasteiger partial charge in [-0.3, -0.25) is 0 Å². The Kier molecular flexibility index (Phi) is 3.37. The third kappa shape index (κ3) is 3.92. The average Bonchev–Trinajstić information content (AvgIpc) is 2.55. The van der Waals surface area contributed by atoms with Crippen LogP contribution >= 0.6 is 0 Å². The average molecular weight is 274 g/mol. The van der Waals surface area contributed by atoms with Crippen molar-refractivity contribution in [3.63, 3.8) is 0 Å². The first-order valence-corrected chi connectivity index (χ1v) is 6.51. The van der Waals surface area contributed by atoms with E-state index in [0.29, 0.717) is 11.1 Å². The van der Waals surface area contributed by atoms with E-state index >= 15 is 0 Å². The minimum Gasteiger partial charge on any atom is -0.367 e. The topological polar surface area (TPSA) is 12.5 Å². The predicted molar refractivity (Wildman–Crippen MR) is 84.0 cm³/mol. The van der Waals surface area contributed by atoms with Crippen LogP contribution in [0.5, 0.6) is 0 Å². The van der Waals surface area contributed by atoms with E-state index in [0.717, 1.165) is 10.5 Å². The van der Waals surface area contributed by atoms with Gasteiger partial charge in [0.05, 0.1) is 10.7 Å². The van der Waals surface area contributed by atoms with Crippen molar-refractivity contribution >= 4 is 0 Å². The minimum atomic E-state index is -2.73. The van der Waals surface area contributed by atoms with Gasteiger partial charge in [0, 0.05) is 9.24 Å². The summed E-state index contributed by atoms with van der Waals surface area (Å²) in [6.45, 7) is -3.33. The molecule has 0 aliphatic carbocycles. The molecule has 0 spiro atoms. The van der Waals surface area contributed by atoms with Crippen LogP contribution in [-0.2, 0) is 4.74 Å². The molecule has 2 aromatic carbocycles. The van der Waals surface area contributed by atoms with Gasteiger partial charge >= 0.3 is 0 Å². The molecule has 0 fully saturated rings. The highest BCUT2D eigenvalue weighted by molar-refractivity contribution is 5.35. The van der Waals surface area contributed by atoms with Crippen molar-refractivity contribution < 1.29 is 11.6 Å². The molecule has 0 N–H and O–H groups in total. The third-order valence-electron chi connectivity index (χ3n) is 2.85. The second-order valence-corrected chi connectivity index (χ2v) is 4.72. The fraction of sp³-hybridized carbons (Fsp3) is 0.333. The van der Waals surface area contributed by atoms with E-state index < -0.39 is 19.1 Å². The van der Waals surface area contributed by atoms with Gasteiger partial charge in [0.25, 0.3) is 0 Å². The number of rotatable bonds is 6. The molecule has 2 heteroatoms. The normalized spacial score (nSPS) is 19.3. The fourth-order valence-electron chi connectivity index (χ4n) is 1.85. The molecule has 0 aliphatic heterocycles. The summed E-state index contributed by atoms with van der Waals surface area (Å²) in [5.74, 6) is 0. The van der Waals surface area contributed by atoms with Crippen LogP contribution in [0, 0.1) is 6.92 Å². The van der Waals surface area contributed by atoms with Crippen LogP contribution in [0.15, 0.2) is 54.6 Å². The summed E-state index contributed by atoms with van der Waals surface area (Å²) in [5.41, 5.74) is 1.67. The van der Waals surface area contributed by atoms with Gasteiger partial charge in [0.2, 0.25) is 0 Å². The maximum atomic E-state index is 8.97. The summed E-state index contributed by atoms with van der Waals surface area (Å²) < 4.78 is 47.0. The van der Waals surface area contributed by atoms with Gasteiger partial charge in [-0.15, -0.1) is 0 Å². The third-order valence-corrected chi connectivity index (χ3v) is 2.85. The van der Waals surface area contributed by atoms with E-state index in [1.54, 1.807) is 42.5 Å². The highest BCUT2D eigenvalue weighted by atomic mass is 16.5. The molecule has 0 bridgehead atoms. The highest BCUT2D eigenvalue weighted by Crippen LogP contribution is 2.28. The molecule has 106 valence electrons. The summed E-state index contributed by atoms with van der Waals surface area (Å²) >= 11 is 0. The van der Waals surface area contributed by atoms with Crippen LogP contribution in [-0.4, -0.2) is 32.1 Å². The van der Waals surface area contributed by atoms with Crippen molar-refractivity contribution in [2.45, 2.75) is 13.0 Å². The van der Waals surface area contributed by atoms with Gasteiger partial charge in [-0.1, -0.05) is 54.6 Å². The van der Waals surface area contributed by atoms with E-state index in [9.17, 15) is 0 Å². The second-order valence-electron chi connectivity index (χ2n) is 4.72. The molecule has 0 radical (unpaired) electrons. The molecule has 0 aliphatic rings. The standard InChI is InChI=1S/C18H23NO/c1-15-9-7-8-12-17(15)18(20-14-13-19(2)3)16-10-5-4-6-11-16/h4-12,18H,13-14H2,1-3H3/i13D2,14D2,18D. The van der Waals surface area contributed by atoms with E-state index in [1.165, 1.54) is 14.1 Å². The quantitative estimate of drug-likeness (QED) is 0.797. The number of likely N-dealkylation sites (N-methyl/N-ethyl adjacent to an activating group) is 1. The molecule has 2 rings (SSSR count). The lowest BCUT2D eigenvalue weighted by atomic mass is 9.97. The van der Waals surface area contributed by atoms with Crippen LogP contribution in [0.1, 0.15) is 29.6 Å². The molecule has 1 atom stereocenters. The monoisotopic (exact) mass is 274 g/mol. The first-order chi connectivity index (χ1) is 11.5. The molecule has 2 aromatic rings. The molecular formula is C18H23NO. The van der Waals surface area contributed by atoms with Gasteiger partial charge in [-0.25, -0.2) is 0 Å². The molecule has 0 heterocycles. The van der Waals surface area contributed by atoms with E-state index in [2.05, 4.69) is 0 Å². The largest absolute Gasteiger partial charge is 0.367 e. The zero-order valence-electron chi connectivity index (χ0n) is 17.1. The van der Waals surface area contributed by atoms with Gasteiger partial charge in [0.1, 0.15) is 6.08 Å². The Hall–Kier alpha value is -1.64. The lowest BCUT2D eigenvalue weighted by Gasteiger charge is -2.22. The van der Waals surface area contributed by atoms with Crippen LogP contribution in [0.25, 0.3) is 0 Å². The van der Waals surface area contributed by atoms with E-state index in [4.69, 9.17) is 11.6 Å². The maximum Gasteiger partial charge on any atom is 0.108 e. The first kappa shape index (κ1) is 9.32. The van der Waals surface area contributed by atoms with Gasteiger partial charge in [-0.05, 0) is 37.7 Å². The van der Waals surface area contributed by atoms with E-state index in [-0.39, 0.29) is 0 Å². The van der Waals surface area contributed by atoms with E-state index in [1.807, 2.05) is 19.1 Å². The summed E-state index contributed by atoms with van der Waals surface area (Å²) in [6.07, 6.45) is -1.89. The summed E-state index contributed by atoms with van der Waals surface area (Å²) in [6, 6.07) is 15.8. The van der Waals surface area contributed by atoms with Gasteiger partial charge < -0.3 is 9.64 Å². The number of hydrogen-bond donors (Lipinski definition) is 0. The Labute approximate surface area is 129 Å². The van der Waals surface area contributed by atoms with Crippen LogP contribution in [0.2, 0.25) is 0 Å². The molecule has 1 unspecified atom stereocenters. The zero-order valence-corrected chi connectivity index (χ0v) is 12.1. The minimum absolute atomic E-state index is 0.433. The van der Waals surface area contributed by atoms with Crippen LogP contribution in [0.4, 0.5) is 0 Å². The first-order valence-electron chi connectivity index (χ1n) is 9.01. The molecule has 20 heavy (non-hydrogen) atoms. The molecule has 0 amide bonds. The van der Waals surface area contributed by atoms with Crippen LogP contribution in [0.3, 0.4) is 0 Å². The van der Waals surface area contributed by atoms with Crippen molar-refractivity contribution in [1.29, 1.82) is 0 Å². The molecule has 2 nitrogen and oxygen atoms in total. The Balaban J connectivity index is 2.60. The zero-order chi connectivity index (χ0) is 18.9. The lowest BCUT2D eigenvalue weighted by molar-refractivity contribution is 0.0683. The smallest absolute Gasteiger partial charge is 0.108 e. The number of ether oxygens (including phenoxy) is 1. The lowest BCUT2D eigenvalue weighted by Crippen LogP contribution is -2.20. The number of benzene rings is 2. The van der Waals surface area contributed by atoms with Crippen LogP contribution < -0.4 is 0 Å². The highest BCUT2D eigenvalue weighted by Gasteiger charge is 2.16. The van der Waals surface area contributed by atoms with Crippen molar-refractivity contribution in [2.75, 3.05) is 27.2 Å². The molecular weight excluding hydrogens is 246 g/mol. The Bertz CT molecular complexity index is 720. The Morgan fingerprint density at radius 3 is 2.40 bits per heavy atom. The predicted octanol–water partition coefficient (Wildman–Crippen LogP) is 3.66. The number of hydrogen-bond acceptors (Lipinski definition) is 2. The number of aryl methyl sites for hydroxylation is 1. The molecule has 0 saturated carbocycles. The second kappa shape index (κ2) is 7.22. The Morgan fingerprint density at radius 1 is 1.10 bits per heavy atom. The SMILES string of the molecule is [2H]C(OC([2H])([2H])C([2H])([2H])N(C)C)(c1ccccc1)c1ccccc1C. The van der Waals surface area contributed by atoms with Crippen molar-refractivity contribution in [3.8, 4) is 0 Å². The summed E-state index contributed by atoms with van der Waals surface area (Å²) in [4.78, 5) is 1.11. The molecule has 0 saturated heterocycles. The maximum absolute atomic E-state index is 8.97. The van der Waals surface area contributed by atoms with Gasteiger partial charge in [-0.2, -0.15) is 0 Å². The van der Waals surface area contributed by atoms with Crippen molar-refractivity contribution in [2.24, 2.45) is 0 Å². The van der Waals surface area contributed by atoms with Gasteiger partial charge in [0.15, 0.2) is 0 Å². The van der Waals surface area contributed by atoms with Crippen molar-refractivity contribution in [1.82, 2.24) is 4.90 Å². The molecule has 0 aromatic heterocycles. The summed E-state index contributed by atoms with van der Waals surface area (Å²) in [7, 11) is 2.87.